The van der Waals surface area contributed by atoms with Crippen LogP contribution in [0.25, 0.3) is 10.9 Å². The van der Waals surface area contributed by atoms with Gasteiger partial charge in [0.2, 0.25) is 11.3 Å². The van der Waals surface area contributed by atoms with Crippen LogP contribution in [0.4, 0.5) is 14.5 Å². The Balaban J connectivity index is 1.78. The Labute approximate surface area is 140 Å². The van der Waals surface area contributed by atoms with Crippen LogP contribution < -0.4 is 15.5 Å². The lowest BCUT2D eigenvalue weighted by Crippen LogP contribution is -2.22. The maximum absolute atomic E-state index is 12.2. The summed E-state index contributed by atoms with van der Waals surface area (Å²) in [5, 5.41) is 7.00. The normalized spacial score (nSPS) is 10.8. The lowest BCUT2D eigenvalue weighted by Gasteiger charge is -2.11. The molecule has 3 rings (SSSR count). The zero-order valence-electron chi connectivity index (χ0n) is 12.9. The first kappa shape index (κ1) is 16.6. The minimum atomic E-state index is -2.94. The number of para-hydroxylation sites is 1. The van der Waals surface area contributed by atoms with Crippen LogP contribution in [0.2, 0.25) is 0 Å². The minimum absolute atomic E-state index is 0.0558. The highest BCUT2D eigenvalue weighted by Crippen LogP contribution is 2.19. The summed E-state index contributed by atoms with van der Waals surface area (Å²) in [5.41, 5.74) is 0.609. The molecule has 0 radical (unpaired) electrons. The van der Waals surface area contributed by atoms with Gasteiger partial charge in [-0.15, -0.1) is 0 Å². The highest BCUT2D eigenvalue weighted by Gasteiger charge is 2.10. The lowest BCUT2D eigenvalue weighted by molar-refractivity contribution is -0.116. The second-order valence-corrected chi connectivity index (χ2v) is 5.14. The standard InChI is InChI=1S/C17H13F2N3O3/c18-17(19)25-12-5-3-4-11(8-12)21-16(24)10-22-14-7-2-1-6-13(14)15(23)9-20-22/h1-9,17H,10H2,(H,21,24). The van der Waals surface area contributed by atoms with Crippen LogP contribution in [-0.2, 0) is 11.3 Å². The van der Waals surface area contributed by atoms with Crippen LogP contribution in [0, 0.1) is 0 Å². The highest BCUT2D eigenvalue weighted by atomic mass is 19.3. The molecule has 128 valence electrons. The molecular formula is C17H13F2N3O3. The van der Waals surface area contributed by atoms with Crippen molar-refractivity contribution in [2.24, 2.45) is 0 Å². The third kappa shape index (κ3) is 3.97. The number of nitrogens with one attached hydrogen (secondary N) is 1. The summed E-state index contributed by atoms with van der Waals surface area (Å²) in [4.78, 5) is 24.0. The maximum Gasteiger partial charge on any atom is 0.387 e. The molecule has 0 atom stereocenters. The molecule has 0 aliphatic heterocycles. The summed E-state index contributed by atoms with van der Waals surface area (Å²) >= 11 is 0. The van der Waals surface area contributed by atoms with Gasteiger partial charge in [-0.05, 0) is 24.3 Å². The summed E-state index contributed by atoms with van der Waals surface area (Å²) in [6, 6.07) is 12.5. The van der Waals surface area contributed by atoms with Crippen LogP contribution in [-0.4, -0.2) is 22.3 Å². The molecule has 0 saturated carbocycles. The molecule has 0 saturated heterocycles. The first-order valence-electron chi connectivity index (χ1n) is 7.32. The number of benzene rings is 2. The molecule has 0 spiro atoms. The third-order valence-electron chi connectivity index (χ3n) is 3.40. The number of aromatic nitrogens is 2. The molecule has 0 unspecified atom stereocenters. The molecule has 6 nitrogen and oxygen atoms in total. The van der Waals surface area contributed by atoms with Gasteiger partial charge in [-0.1, -0.05) is 18.2 Å². The Kier molecular flexibility index (Phi) is 4.69. The Bertz CT molecular complexity index is 973. The molecule has 3 aromatic rings. The van der Waals surface area contributed by atoms with Gasteiger partial charge in [0.05, 0.1) is 11.7 Å². The predicted molar refractivity (Wildman–Crippen MR) is 87.7 cm³/mol. The number of carbonyl (C=O) groups is 1. The molecule has 1 aromatic heterocycles. The van der Waals surface area contributed by atoms with Gasteiger partial charge in [0.25, 0.3) is 0 Å². The summed E-state index contributed by atoms with van der Waals surface area (Å²) in [5.74, 6) is -0.477. The first-order chi connectivity index (χ1) is 12.0. The topological polar surface area (TPSA) is 73.2 Å². The predicted octanol–water partition coefficient (Wildman–Crippen LogP) is 2.64. The van der Waals surface area contributed by atoms with E-state index in [1.807, 2.05) is 0 Å². The largest absolute Gasteiger partial charge is 0.435 e. The first-order valence-corrected chi connectivity index (χ1v) is 7.32. The van der Waals surface area contributed by atoms with Crippen molar-refractivity contribution in [2.75, 3.05) is 5.32 Å². The summed E-state index contributed by atoms with van der Waals surface area (Å²) in [6.45, 7) is -3.08. The molecule has 25 heavy (non-hydrogen) atoms. The molecule has 0 fully saturated rings. The van der Waals surface area contributed by atoms with Crippen molar-refractivity contribution in [3.8, 4) is 5.75 Å². The van der Waals surface area contributed by atoms with Gasteiger partial charge < -0.3 is 10.1 Å². The van der Waals surface area contributed by atoms with Crippen LogP contribution in [0.15, 0.2) is 59.5 Å². The number of amides is 1. The van der Waals surface area contributed by atoms with E-state index in [0.717, 1.165) is 6.20 Å². The molecule has 8 heteroatoms. The Hall–Kier alpha value is -3.29. The van der Waals surface area contributed by atoms with E-state index in [1.165, 1.54) is 22.9 Å². The van der Waals surface area contributed by atoms with E-state index in [0.29, 0.717) is 16.6 Å². The average Bonchev–Trinajstić information content (AvgIpc) is 2.57. The van der Waals surface area contributed by atoms with Gasteiger partial charge >= 0.3 is 6.61 Å². The molecule has 0 bridgehead atoms. The van der Waals surface area contributed by atoms with Crippen molar-refractivity contribution in [1.82, 2.24) is 9.78 Å². The summed E-state index contributed by atoms with van der Waals surface area (Å²) < 4.78 is 30.2. The van der Waals surface area contributed by atoms with E-state index in [-0.39, 0.29) is 17.7 Å². The van der Waals surface area contributed by atoms with E-state index in [2.05, 4.69) is 15.2 Å². The number of alkyl halides is 2. The smallest absolute Gasteiger partial charge is 0.387 e. The van der Waals surface area contributed by atoms with Gasteiger partial charge in [0, 0.05) is 17.1 Å². The van der Waals surface area contributed by atoms with E-state index in [1.54, 1.807) is 30.3 Å². The number of halogens is 2. The van der Waals surface area contributed by atoms with Crippen molar-refractivity contribution < 1.29 is 18.3 Å². The number of hydrogen-bond acceptors (Lipinski definition) is 4. The van der Waals surface area contributed by atoms with Gasteiger partial charge in [-0.3, -0.25) is 14.3 Å². The quantitative estimate of drug-likeness (QED) is 0.771. The molecule has 0 aliphatic rings. The number of rotatable bonds is 5. The van der Waals surface area contributed by atoms with E-state index < -0.39 is 12.5 Å². The Morgan fingerprint density at radius 1 is 1.20 bits per heavy atom. The van der Waals surface area contributed by atoms with Crippen molar-refractivity contribution in [2.45, 2.75) is 13.2 Å². The molecule has 1 amide bonds. The zero-order chi connectivity index (χ0) is 17.8. The number of fused-ring (bicyclic) bond motifs is 1. The lowest BCUT2D eigenvalue weighted by atomic mass is 10.2. The fourth-order valence-electron chi connectivity index (χ4n) is 2.37. The van der Waals surface area contributed by atoms with Crippen molar-refractivity contribution in [3.63, 3.8) is 0 Å². The minimum Gasteiger partial charge on any atom is -0.435 e. The molecule has 0 aliphatic carbocycles. The highest BCUT2D eigenvalue weighted by molar-refractivity contribution is 5.91. The second-order valence-electron chi connectivity index (χ2n) is 5.14. The van der Waals surface area contributed by atoms with Gasteiger partial charge in [0.15, 0.2) is 0 Å². The second kappa shape index (κ2) is 7.08. The van der Waals surface area contributed by atoms with Gasteiger partial charge in [-0.2, -0.15) is 13.9 Å². The fourth-order valence-corrected chi connectivity index (χ4v) is 2.37. The van der Waals surface area contributed by atoms with E-state index >= 15 is 0 Å². The molecule has 1 N–H and O–H groups in total. The molecule has 2 aromatic carbocycles. The number of nitrogens with zero attached hydrogens (tertiary/aromatic N) is 2. The van der Waals surface area contributed by atoms with Gasteiger partial charge in [-0.25, -0.2) is 0 Å². The molecule has 1 heterocycles. The van der Waals surface area contributed by atoms with Crippen molar-refractivity contribution in [1.29, 1.82) is 0 Å². The average molecular weight is 345 g/mol. The summed E-state index contributed by atoms with van der Waals surface area (Å²) in [7, 11) is 0. The number of carbonyl (C=O) groups excluding carboxylic acids is 1. The fraction of sp³-hybridized carbons (Fsp3) is 0.118. The number of anilines is 1. The van der Waals surface area contributed by atoms with Crippen molar-refractivity contribution in [3.05, 3.63) is 65.0 Å². The van der Waals surface area contributed by atoms with Crippen LogP contribution in [0.3, 0.4) is 0 Å². The number of hydrogen-bond donors (Lipinski definition) is 1. The monoisotopic (exact) mass is 345 g/mol. The van der Waals surface area contributed by atoms with Crippen molar-refractivity contribution >= 4 is 22.5 Å². The van der Waals surface area contributed by atoms with Gasteiger partial charge in [0.1, 0.15) is 12.3 Å². The van der Waals surface area contributed by atoms with E-state index in [4.69, 9.17) is 0 Å². The number of ether oxygens (including phenoxy) is 1. The zero-order valence-corrected chi connectivity index (χ0v) is 12.9. The SMILES string of the molecule is O=C(Cn1ncc(=O)c2ccccc21)Nc1cccc(OC(F)F)c1. The Morgan fingerprint density at radius 3 is 2.80 bits per heavy atom. The third-order valence-corrected chi connectivity index (χ3v) is 3.40. The Morgan fingerprint density at radius 2 is 2.00 bits per heavy atom. The van der Waals surface area contributed by atoms with Crippen LogP contribution >= 0.6 is 0 Å². The van der Waals surface area contributed by atoms with Crippen LogP contribution in [0.5, 0.6) is 5.75 Å². The van der Waals surface area contributed by atoms with Crippen LogP contribution in [0.1, 0.15) is 0 Å². The summed E-state index contributed by atoms with van der Waals surface area (Å²) in [6.07, 6.45) is 1.15. The maximum atomic E-state index is 12.2. The molecular weight excluding hydrogens is 332 g/mol. The van der Waals surface area contributed by atoms with E-state index in [9.17, 15) is 18.4 Å².